The van der Waals surface area contributed by atoms with Crippen molar-refractivity contribution in [3.05, 3.63) is 23.0 Å². The maximum atomic E-state index is 5.42. The van der Waals surface area contributed by atoms with Gasteiger partial charge in [-0.2, -0.15) is 0 Å². The zero-order valence-electron chi connectivity index (χ0n) is 8.18. The van der Waals surface area contributed by atoms with Gasteiger partial charge in [-0.25, -0.2) is 0 Å². The van der Waals surface area contributed by atoms with E-state index in [1.54, 1.807) is 0 Å². The summed E-state index contributed by atoms with van der Waals surface area (Å²) < 4.78 is 5.42. The molecule has 1 aromatic heterocycles. The van der Waals surface area contributed by atoms with Crippen molar-refractivity contribution in [1.82, 2.24) is 10.3 Å². The van der Waals surface area contributed by atoms with Crippen LogP contribution in [0.25, 0.3) is 0 Å². The number of hydrogen-bond donors (Lipinski definition) is 2. The van der Waals surface area contributed by atoms with E-state index in [4.69, 9.17) is 4.74 Å². The summed E-state index contributed by atoms with van der Waals surface area (Å²) in [6, 6.07) is 2.52. The molecule has 0 amide bonds. The van der Waals surface area contributed by atoms with E-state index >= 15 is 0 Å². The van der Waals surface area contributed by atoms with Crippen LogP contribution in [0.15, 0.2) is 6.07 Å². The molecule has 1 aromatic rings. The van der Waals surface area contributed by atoms with Gasteiger partial charge in [0.05, 0.1) is 19.3 Å². The number of ether oxygens (including phenoxy) is 1. The van der Waals surface area contributed by atoms with Gasteiger partial charge in [0.2, 0.25) is 0 Å². The number of morpholine rings is 1. The molecular formula is C10H16N2O. The summed E-state index contributed by atoms with van der Waals surface area (Å²) >= 11 is 0. The molecule has 1 fully saturated rings. The Morgan fingerprint density at radius 1 is 1.46 bits per heavy atom. The summed E-state index contributed by atoms with van der Waals surface area (Å²) in [4.78, 5) is 3.37. The Hall–Kier alpha value is -0.800. The molecule has 0 radical (unpaired) electrons. The van der Waals surface area contributed by atoms with Crippen molar-refractivity contribution >= 4 is 0 Å². The van der Waals surface area contributed by atoms with E-state index in [2.05, 4.69) is 30.2 Å². The fourth-order valence-electron chi connectivity index (χ4n) is 1.86. The summed E-state index contributed by atoms with van der Waals surface area (Å²) in [5.41, 5.74) is 3.82. The largest absolute Gasteiger partial charge is 0.378 e. The van der Waals surface area contributed by atoms with Crippen LogP contribution in [0.5, 0.6) is 0 Å². The average Bonchev–Trinajstić information content (AvgIpc) is 2.47. The van der Waals surface area contributed by atoms with Gasteiger partial charge in [0.1, 0.15) is 0 Å². The summed E-state index contributed by atoms with van der Waals surface area (Å²) in [5, 5.41) is 3.43. The molecule has 3 nitrogen and oxygen atoms in total. The van der Waals surface area contributed by atoms with E-state index in [1.807, 2.05) is 0 Å². The highest BCUT2D eigenvalue weighted by molar-refractivity contribution is 5.26. The molecular weight excluding hydrogens is 164 g/mol. The van der Waals surface area contributed by atoms with Crippen molar-refractivity contribution in [1.29, 1.82) is 0 Å². The average molecular weight is 180 g/mol. The first-order chi connectivity index (χ1) is 6.27. The Kier molecular flexibility index (Phi) is 2.38. The van der Waals surface area contributed by atoms with Crippen molar-refractivity contribution in [2.75, 3.05) is 19.8 Å². The van der Waals surface area contributed by atoms with Crippen molar-refractivity contribution in [3.63, 3.8) is 0 Å². The summed E-state index contributed by atoms with van der Waals surface area (Å²) in [6.45, 7) is 6.77. The normalized spacial score (nSPS) is 23.4. The third-order valence-corrected chi connectivity index (χ3v) is 2.46. The second-order valence-electron chi connectivity index (χ2n) is 3.63. The van der Waals surface area contributed by atoms with Crippen LogP contribution in [0, 0.1) is 13.8 Å². The minimum Gasteiger partial charge on any atom is -0.378 e. The van der Waals surface area contributed by atoms with Crippen LogP contribution in [0.2, 0.25) is 0 Å². The second-order valence-corrected chi connectivity index (χ2v) is 3.63. The molecule has 1 atom stereocenters. The van der Waals surface area contributed by atoms with E-state index in [9.17, 15) is 0 Å². The number of hydrogen-bond acceptors (Lipinski definition) is 2. The Morgan fingerprint density at radius 3 is 2.85 bits per heavy atom. The van der Waals surface area contributed by atoms with E-state index in [-0.39, 0.29) is 0 Å². The zero-order chi connectivity index (χ0) is 9.26. The Bertz CT molecular complexity index is 287. The van der Waals surface area contributed by atoms with Crippen molar-refractivity contribution in [2.45, 2.75) is 19.9 Å². The lowest BCUT2D eigenvalue weighted by Crippen LogP contribution is -2.35. The van der Waals surface area contributed by atoms with E-state index in [0.717, 1.165) is 19.8 Å². The van der Waals surface area contributed by atoms with Crippen LogP contribution in [-0.4, -0.2) is 24.7 Å². The lowest BCUT2D eigenvalue weighted by atomic mass is 10.1. The lowest BCUT2D eigenvalue weighted by Gasteiger charge is -2.23. The van der Waals surface area contributed by atoms with Gasteiger partial charge in [0.15, 0.2) is 0 Å². The van der Waals surface area contributed by atoms with Crippen LogP contribution in [0.4, 0.5) is 0 Å². The molecule has 13 heavy (non-hydrogen) atoms. The molecule has 0 aliphatic carbocycles. The number of H-pyrrole nitrogens is 1. The van der Waals surface area contributed by atoms with Gasteiger partial charge in [-0.15, -0.1) is 0 Å². The van der Waals surface area contributed by atoms with Crippen LogP contribution in [0.1, 0.15) is 23.0 Å². The topological polar surface area (TPSA) is 37.0 Å². The van der Waals surface area contributed by atoms with Gasteiger partial charge in [0.25, 0.3) is 0 Å². The first-order valence-corrected chi connectivity index (χ1v) is 4.74. The molecule has 0 bridgehead atoms. The molecule has 3 heteroatoms. The van der Waals surface area contributed by atoms with Crippen molar-refractivity contribution in [2.24, 2.45) is 0 Å². The van der Waals surface area contributed by atoms with Crippen molar-refractivity contribution < 1.29 is 4.74 Å². The van der Waals surface area contributed by atoms with Gasteiger partial charge in [-0.05, 0) is 25.5 Å². The van der Waals surface area contributed by atoms with E-state index < -0.39 is 0 Å². The molecule has 2 rings (SSSR count). The standard InChI is InChI=1S/C10H16N2O/c1-7-5-8(2)12-10(7)9-6-13-4-3-11-9/h5,9,11-12H,3-4,6H2,1-2H3. The molecule has 1 aliphatic rings. The van der Waals surface area contributed by atoms with Gasteiger partial charge in [0, 0.05) is 17.9 Å². The minimum absolute atomic E-state index is 0.349. The molecule has 1 saturated heterocycles. The second kappa shape index (κ2) is 3.52. The van der Waals surface area contributed by atoms with Crippen LogP contribution >= 0.6 is 0 Å². The third kappa shape index (κ3) is 1.76. The van der Waals surface area contributed by atoms with Crippen LogP contribution in [0.3, 0.4) is 0 Å². The van der Waals surface area contributed by atoms with Crippen LogP contribution < -0.4 is 5.32 Å². The molecule has 2 N–H and O–H groups in total. The highest BCUT2D eigenvalue weighted by atomic mass is 16.5. The first kappa shape index (κ1) is 8.78. The SMILES string of the molecule is Cc1cc(C)c(C2COCCN2)[nH]1. The quantitative estimate of drug-likeness (QED) is 0.683. The molecule has 0 spiro atoms. The Labute approximate surface area is 78.5 Å². The van der Waals surface area contributed by atoms with Crippen LogP contribution in [-0.2, 0) is 4.74 Å². The summed E-state index contributed by atoms with van der Waals surface area (Å²) in [7, 11) is 0. The minimum atomic E-state index is 0.349. The maximum absolute atomic E-state index is 5.42. The van der Waals surface area contributed by atoms with Gasteiger partial charge < -0.3 is 15.0 Å². The molecule has 72 valence electrons. The molecule has 0 saturated carbocycles. The zero-order valence-corrected chi connectivity index (χ0v) is 8.18. The summed E-state index contributed by atoms with van der Waals surface area (Å²) in [6.07, 6.45) is 0. The molecule has 0 aromatic carbocycles. The number of aromatic nitrogens is 1. The van der Waals surface area contributed by atoms with Gasteiger partial charge >= 0.3 is 0 Å². The monoisotopic (exact) mass is 180 g/mol. The first-order valence-electron chi connectivity index (χ1n) is 4.74. The smallest absolute Gasteiger partial charge is 0.0713 e. The highest BCUT2D eigenvalue weighted by Crippen LogP contribution is 2.19. The number of aromatic amines is 1. The summed E-state index contributed by atoms with van der Waals surface area (Å²) in [5.74, 6) is 0. The fraction of sp³-hybridized carbons (Fsp3) is 0.600. The van der Waals surface area contributed by atoms with E-state index in [0.29, 0.717) is 6.04 Å². The number of aryl methyl sites for hydroxylation is 2. The predicted octanol–water partition coefficient (Wildman–Crippen LogP) is 1.29. The lowest BCUT2D eigenvalue weighted by molar-refractivity contribution is 0.0755. The Balaban J connectivity index is 2.18. The van der Waals surface area contributed by atoms with Crippen molar-refractivity contribution in [3.8, 4) is 0 Å². The van der Waals surface area contributed by atoms with Gasteiger partial charge in [-0.3, -0.25) is 0 Å². The van der Waals surface area contributed by atoms with E-state index in [1.165, 1.54) is 17.0 Å². The molecule has 1 unspecified atom stereocenters. The van der Waals surface area contributed by atoms with Gasteiger partial charge in [-0.1, -0.05) is 0 Å². The maximum Gasteiger partial charge on any atom is 0.0713 e. The number of rotatable bonds is 1. The molecule has 1 aliphatic heterocycles. The predicted molar refractivity (Wildman–Crippen MR) is 51.8 cm³/mol. The fourth-order valence-corrected chi connectivity index (χ4v) is 1.86. The molecule has 2 heterocycles. The highest BCUT2D eigenvalue weighted by Gasteiger charge is 2.18. The third-order valence-electron chi connectivity index (χ3n) is 2.46. The number of nitrogens with one attached hydrogen (secondary N) is 2. The Morgan fingerprint density at radius 2 is 2.31 bits per heavy atom.